The molecule has 0 fully saturated rings. The third-order valence-electron chi connectivity index (χ3n) is 3.08. The summed E-state index contributed by atoms with van der Waals surface area (Å²) in [5, 5.41) is 13.9. The Labute approximate surface area is 101 Å². The minimum absolute atomic E-state index is 0.00232. The van der Waals surface area contributed by atoms with E-state index in [2.05, 4.69) is 17.0 Å². The molecule has 2 heterocycles. The minimum Gasteiger partial charge on any atom is -0.392 e. The van der Waals surface area contributed by atoms with Crippen LogP contribution in [-0.2, 0) is 13.0 Å². The van der Waals surface area contributed by atoms with Gasteiger partial charge in [-0.05, 0) is 31.9 Å². The third kappa shape index (κ3) is 1.96. The minimum atomic E-state index is -0.00232. The van der Waals surface area contributed by atoms with E-state index >= 15 is 0 Å². The summed E-state index contributed by atoms with van der Waals surface area (Å²) in [6.07, 6.45) is 4.39. The summed E-state index contributed by atoms with van der Waals surface area (Å²) in [6.45, 7) is 6.18. The molecule has 2 aromatic rings. The number of pyridine rings is 1. The van der Waals surface area contributed by atoms with Crippen molar-refractivity contribution in [3.63, 3.8) is 0 Å². The Hall–Kier alpha value is -1.68. The van der Waals surface area contributed by atoms with Crippen LogP contribution in [0.5, 0.6) is 0 Å². The molecule has 0 saturated heterocycles. The second-order valence-corrected chi connectivity index (χ2v) is 4.08. The lowest BCUT2D eigenvalue weighted by Crippen LogP contribution is -2.04. The maximum absolute atomic E-state index is 9.34. The SMILES string of the molecule is CCc1c(C)nn(-c2cnccc2CO)c1C. The molecule has 90 valence electrons. The number of hydrogen-bond acceptors (Lipinski definition) is 3. The third-order valence-corrected chi connectivity index (χ3v) is 3.08. The van der Waals surface area contributed by atoms with Gasteiger partial charge in [0, 0.05) is 17.5 Å². The summed E-state index contributed by atoms with van der Waals surface area (Å²) in [6, 6.07) is 1.82. The van der Waals surface area contributed by atoms with Crippen LogP contribution in [0, 0.1) is 13.8 Å². The number of aliphatic hydroxyl groups is 1. The summed E-state index contributed by atoms with van der Waals surface area (Å²) in [5.41, 5.74) is 5.12. The number of aliphatic hydroxyl groups excluding tert-OH is 1. The van der Waals surface area contributed by atoms with Crippen LogP contribution in [0.3, 0.4) is 0 Å². The van der Waals surface area contributed by atoms with Crippen molar-refractivity contribution in [2.24, 2.45) is 0 Å². The van der Waals surface area contributed by atoms with Crippen LogP contribution in [0.2, 0.25) is 0 Å². The Kier molecular flexibility index (Phi) is 3.24. The van der Waals surface area contributed by atoms with Crippen LogP contribution in [0.4, 0.5) is 0 Å². The first-order valence-corrected chi connectivity index (χ1v) is 5.78. The summed E-state index contributed by atoms with van der Waals surface area (Å²) in [4.78, 5) is 4.10. The lowest BCUT2D eigenvalue weighted by Gasteiger charge is -2.08. The molecule has 17 heavy (non-hydrogen) atoms. The normalized spacial score (nSPS) is 10.8. The Morgan fingerprint density at radius 1 is 1.35 bits per heavy atom. The van der Waals surface area contributed by atoms with Crippen molar-refractivity contribution in [3.8, 4) is 5.69 Å². The van der Waals surface area contributed by atoms with Crippen LogP contribution in [-0.4, -0.2) is 19.9 Å². The van der Waals surface area contributed by atoms with E-state index in [1.165, 1.54) is 5.56 Å². The molecule has 0 radical (unpaired) electrons. The molecule has 0 saturated carbocycles. The van der Waals surface area contributed by atoms with Gasteiger partial charge < -0.3 is 5.11 Å². The Morgan fingerprint density at radius 3 is 2.71 bits per heavy atom. The first kappa shape index (κ1) is 11.8. The van der Waals surface area contributed by atoms with E-state index in [0.29, 0.717) is 0 Å². The molecular weight excluding hydrogens is 214 g/mol. The highest BCUT2D eigenvalue weighted by molar-refractivity contribution is 5.41. The number of nitrogens with zero attached hydrogens (tertiary/aromatic N) is 3. The fourth-order valence-electron chi connectivity index (χ4n) is 2.16. The molecule has 0 aliphatic rings. The Morgan fingerprint density at radius 2 is 2.12 bits per heavy atom. The molecule has 4 nitrogen and oxygen atoms in total. The summed E-state index contributed by atoms with van der Waals surface area (Å²) >= 11 is 0. The van der Waals surface area contributed by atoms with Crippen molar-refractivity contribution in [2.75, 3.05) is 0 Å². The molecule has 0 atom stereocenters. The van der Waals surface area contributed by atoms with Gasteiger partial charge in [0.25, 0.3) is 0 Å². The molecular formula is C13H17N3O. The van der Waals surface area contributed by atoms with E-state index in [0.717, 1.165) is 29.1 Å². The van der Waals surface area contributed by atoms with E-state index < -0.39 is 0 Å². The molecule has 4 heteroatoms. The van der Waals surface area contributed by atoms with E-state index in [-0.39, 0.29) is 6.61 Å². The number of aromatic nitrogens is 3. The topological polar surface area (TPSA) is 50.9 Å². The van der Waals surface area contributed by atoms with Gasteiger partial charge in [0.15, 0.2) is 0 Å². The fourth-order valence-corrected chi connectivity index (χ4v) is 2.16. The van der Waals surface area contributed by atoms with Gasteiger partial charge in [-0.15, -0.1) is 0 Å². The van der Waals surface area contributed by atoms with Crippen LogP contribution in [0.1, 0.15) is 29.4 Å². The predicted octanol–water partition coefficient (Wildman–Crippen LogP) is 1.94. The van der Waals surface area contributed by atoms with E-state index in [4.69, 9.17) is 0 Å². The Bertz CT molecular complexity index is 531. The zero-order valence-electron chi connectivity index (χ0n) is 10.4. The highest BCUT2D eigenvalue weighted by Crippen LogP contribution is 2.20. The standard InChI is InChI=1S/C13H17N3O/c1-4-12-9(2)15-16(10(12)3)13-7-14-6-5-11(13)8-17/h5-7,17H,4,8H2,1-3H3. The van der Waals surface area contributed by atoms with Crippen LogP contribution < -0.4 is 0 Å². The van der Waals surface area contributed by atoms with Gasteiger partial charge in [-0.25, -0.2) is 4.68 Å². The van der Waals surface area contributed by atoms with Gasteiger partial charge in [0.1, 0.15) is 0 Å². The lowest BCUT2D eigenvalue weighted by atomic mass is 10.1. The number of aryl methyl sites for hydroxylation is 1. The predicted molar refractivity (Wildman–Crippen MR) is 66.1 cm³/mol. The molecule has 0 spiro atoms. The van der Waals surface area contributed by atoms with Gasteiger partial charge in [-0.1, -0.05) is 6.92 Å². The van der Waals surface area contributed by atoms with Crippen LogP contribution in [0.25, 0.3) is 5.69 Å². The highest BCUT2D eigenvalue weighted by atomic mass is 16.3. The Balaban J connectivity index is 2.61. The van der Waals surface area contributed by atoms with Crippen LogP contribution in [0.15, 0.2) is 18.5 Å². The molecule has 0 aliphatic carbocycles. The number of rotatable bonds is 3. The summed E-state index contributed by atoms with van der Waals surface area (Å²) in [7, 11) is 0. The van der Waals surface area contributed by atoms with E-state index in [9.17, 15) is 5.11 Å². The second-order valence-electron chi connectivity index (χ2n) is 4.08. The van der Waals surface area contributed by atoms with Gasteiger partial charge >= 0.3 is 0 Å². The average Bonchev–Trinajstić information content (AvgIpc) is 2.64. The zero-order chi connectivity index (χ0) is 12.4. The monoisotopic (exact) mass is 231 g/mol. The second kappa shape index (κ2) is 4.67. The first-order chi connectivity index (χ1) is 8.19. The first-order valence-electron chi connectivity index (χ1n) is 5.78. The lowest BCUT2D eigenvalue weighted by molar-refractivity contribution is 0.281. The van der Waals surface area contributed by atoms with Gasteiger partial charge in [-0.2, -0.15) is 5.10 Å². The molecule has 0 bridgehead atoms. The molecule has 0 amide bonds. The van der Waals surface area contributed by atoms with Crippen molar-refractivity contribution in [2.45, 2.75) is 33.8 Å². The summed E-state index contributed by atoms with van der Waals surface area (Å²) < 4.78 is 1.87. The average molecular weight is 231 g/mol. The van der Waals surface area contributed by atoms with Crippen molar-refractivity contribution in [3.05, 3.63) is 41.0 Å². The van der Waals surface area contributed by atoms with E-state index in [1.54, 1.807) is 12.4 Å². The quantitative estimate of drug-likeness (QED) is 0.878. The summed E-state index contributed by atoms with van der Waals surface area (Å²) in [5.74, 6) is 0. The molecule has 0 aliphatic heterocycles. The fraction of sp³-hybridized carbons (Fsp3) is 0.385. The van der Waals surface area contributed by atoms with Crippen LogP contribution >= 0.6 is 0 Å². The molecule has 0 unspecified atom stereocenters. The maximum atomic E-state index is 9.34. The van der Waals surface area contributed by atoms with Gasteiger partial charge in [0.2, 0.25) is 0 Å². The van der Waals surface area contributed by atoms with Crippen molar-refractivity contribution < 1.29 is 5.11 Å². The molecule has 2 aromatic heterocycles. The molecule has 2 rings (SSSR count). The number of hydrogen-bond donors (Lipinski definition) is 1. The molecule has 0 aromatic carbocycles. The zero-order valence-corrected chi connectivity index (χ0v) is 10.4. The van der Waals surface area contributed by atoms with Crippen molar-refractivity contribution in [1.82, 2.24) is 14.8 Å². The smallest absolute Gasteiger partial charge is 0.0887 e. The van der Waals surface area contributed by atoms with Gasteiger partial charge in [-0.3, -0.25) is 4.98 Å². The highest BCUT2D eigenvalue weighted by Gasteiger charge is 2.13. The largest absolute Gasteiger partial charge is 0.392 e. The van der Waals surface area contributed by atoms with Crippen molar-refractivity contribution >= 4 is 0 Å². The van der Waals surface area contributed by atoms with Crippen molar-refractivity contribution in [1.29, 1.82) is 0 Å². The molecule has 1 N–H and O–H groups in total. The van der Waals surface area contributed by atoms with Gasteiger partial charge in [0.05, 0.1) is 24.2 Å². The maximum Gasteiger partial charge on any atom is 0.0887 e. The van der Waals surface area contributed by atoms with E-state index in [1.807, 2.05) is 24.6 Å².